The third kappa shape index (κ3) is 8.15. The van der Waals surface area contributed by atoms with E-state index in [0.29, 0.717) is 11.5 Å². The number of hydrogen-bond donors (Lipinski definition) is 0. The fourth-order valence-electron chi connectivity index (χ4n) is 13.2. The van der Waals surface area contributed by atoms with Gasteiger partial charge >= 0.3 is 0 Å². The van der Waals surface area contributed by atoms with E-state index in [1.165, 1.54) is 17.5 Å². The minimum absolute atomic E-state index is 0. The van der Waals surface area contributed by atoms with Crippen LogP contribution in [0.2, 0.25) is 0 Å². The number of hydrogen-bond acceptors (Lipinski definition) is 4. The van der Waals surface area contributed by atoms with Crippen molar-refractivity contribution in [2.24, 2.45) is 10.8 Å². The van der Waals surface area contributed by atoms with E-state index in [9.17, 15) is 0 Å². The van der Waals surface area contributed by atoms with Crippen LogP contribution in [0.25, 0.3) is 61.0 Å². The Bertz CT molecular complexity index is 3810. The molecule has 0 bridgehead atoms. The fraction of sp³-hybridized carbons (Fsp3) is 0.143. The van der Waals surface area contributed by atoms with Crippen LogP contribution in [0.15, 0.2) is 231 Å². The van der Waals surface area contributed by atoms with Crippen molar-refractivity contribution < 1.29 is 25.8 Å². The van der Waals surface area contributed by atoms with E-state index in [0.717, 1.165) is 96.6 Å². The van der Waals surface area contributed by atoms with E-state index in [1.807, 2.05) is 12.3 Å². The number of aromatic nitrogens is 2. The Labute approximate surface area is 461 Å². The second kappa shape index (κ2) is 19.6. The van der Waals surface area contributed by atoms with Crippen LogP contribution in [0.1, 0.15) is 58.1 Å². The number of fused-ring (bicyclic) bond motifs is 4. The maximum absolute atomic E-state index is 7.04. The molecule has 1 aliphatic carbocycles. The molecule has 9 aromatic carbocycles. The molecule has 0 N–H and O–H groups in total. The summed E-state index contributed by atoms with van der Waals surface area (Å²) in [5, 5.41) is 2.22. The molecule has 0 amide bonds. The summed E-state index contributed by atoms with van der Waals surface area (Å²) in [5.74, 6) is 2.02. The monoisotopic (exact) mass is 1160 g/mol. The normalized spacial score (nSPS) is 15.3. The second-order valence-electron chi connectivity index (χ2n) is 21.4. The standard InChI is InChI=1S/C70H57N4O.Pt/c1-68(2)40-22-41-69(3,4)70(68,53-29-15-8-16-30-53)54-39-42-71-66(45-54)74-62-34-18-17-31-60(62)61-38-37-56(47-65(61)74)75-57-44-52(49-23-9-5-10-24-49)43-55(46-57)72-48-73(64-36-20-19-35-63(64)72)67-58(50-25-11-6-12-26-50)32-21-33-59(67)51-27-13-7-14-28-51;/h5-21,23-39,42-45,48H,22,40-41H2,1-4H3;/q-3;. The first-order chi connectivity index (χ1) is 36.7. The molecule has 11 aromatic rings. The van der Waals surface area contributed by atoms with Gasteiger partial charge in [0.15, 0.2) is 0 Å². The predicted octanol–water partition coefficient (Wildman–Crippen LogP) is 18.5. The minimum atomic E-state index is -0.273. The third-order valence-electron chi connectivity index (χ3n) is 16.3. The number of anilines is 4. The van der Waals surface area contributed by atoms with E-state index in [1.54, 1.807) is 0 Å². The SMILES string of the molecule is CC1(C)CCCC(C)(C)C1(c1ccccc1)c1ccnc(-n2c3[c-]c(Oc4[c-]c(N5[CH-]N(c6c(-c7ccccc7)cccc6-c6ccccc6)c6ccccc65)cc(-c5ccccc5)c4)ccc3c3ccccc32)c1.[Pt]. The molecule has 376 valence electrons. The van der Waals surface area contributed by atoms with Gasteiger partial charge in [-0.2, -0.15) is 6.07 Å². The third-order valence-corrected chi connectivity index (χ3v) is 16.3. The van der Waals surface area contributed by atoms with Gasteiger partial charge in [0.2, 0.25) is 0 Å². The van der Waals surface area contributed by atoms with Crippen LogP contribution in [0.4, 0.5) is 22.7 Å². The molecule has 1 aliphatic heterocycles. The molecule has 6 heteroatoms. The fourth-order valence-corrected chi connectivity index (χ4v) is 13.2. The van der Waals surface area contributed by atoms with E-state index >= 15 is 0 Å². The Morgan fingerprint density at radius 2 is 1.07 bits per heavy atom. The molecule has 0 radical (unpaired) electrons. The first-order valence-corrected chi connectivity index (χ1v) is 26.2. The summed E-state index contributed by atoms with van der Waals surface area (Å²) in [4.78, 5) is 9.77. The van der Waals surface area contributed by atoms with Gasteiger partial charge in [0.05, 0.1) is 0 Å². The Balaban J connectivity index is 0.00000582. The molecule has 0 unspecified atom stereocenters. The van der Waals surface area contributed by atoms with Crippen molar-refractivity contribution in [1.29, 1.82) is 0 Å². The molecule has 0 spiro atoms. The number of rotatable bonds is 10. The summed E-state index contributed by atoms with van der Waals surface area (Å²) < 4.78 is 9.31. The van der Waals surface area contributed by atoms with Gasteiger partial charge in [-0.15, -0.1) is 53.6 Å². The van der Waals surface area contributed by atoms with Gasteiger partial charge < -0.3 is 19.1 Å². The van der Waals surface area contributed by atoms with Crippen molar-refractivity contribution in [2.75, 3.05) is 9.80 Å². The molecule has 13 rings (SSSR count). The predicted molar refractivity (Wildman–Crippen MR) is 309 cm³/mol. The van der Waals surface area contributed by atoms with Gasteiger partial charge in [-0.05, 0) is 87.2 Å². The van der Waals surface area contributed by atoms with Crippen LogP contribution >= 0.6 is 0 Å². The van der Waals surface area contributed by atoms with Crippen LogP contribution in [-0.4, -0.2) is 9.55 Å². The van der Waals surface area contributed by atoms with Crippen molar-refractivity contribution in [2.45, 2.75) is 52.4 Å². The van der Waals surface area contributed by atoms with Gasteiger partial charge in [-0.1, -0.05) is 209 Å². The Morgan fingerprint density at radius 3 is 1.72 bits per heavy atom. The summed E-state index contributed by atoms with van der Waals surface area (Å²) in [6, 6.07) is 87.6. The summed E-state index contributed by atoms with van der Waals surface area (Å²) in [6.07, 6.45) is 5.48. The molecule has 2 aliphatic rings. The van der Waals surface area contributed by atoms with E-state index in [-0.39, 0.29) is 37.3 Å². The van der Waals surface area contributed by atoms with Crippen LogP contribution in [0, 0.1) is 29.6 Å². The summed E-state index contributed by atoms with van der Waals surface area (Å²) in [7, 11) is 0. The van der Waals surface area contributed by atoms with E-state index in [2.05, 4.69) is 279 Å². The zero-order valence-corrected chi connectivity index (χ0v) is 45.4. The first kappa shape index (κ1) is 48.9. The van der Waals surface area contributed by atoms with Crippen LogP contribution in [-0.2, 0) is 26.5 Å². The maximum Gasteiger partial charge on any atom is 0.135 e. The first-order valence-electron chi connectivity index (χ1n) is 26.2. The smallest absolute Gasteiger partial charge is 0.135 e. The molecule has 76 heavy (non-hydrogen) atoms. The Morgan fingerprint density at radius 1 is 0.487 bits per heavy atom. The van der Waals surface area contributed by atoms with Crippen LogP contribution < -0.4 is 14.5 Å². The van der Waals surface area contributed by atoms with Crippen molar-refractivity contribution in [3.8, 4) is 50.7 Å². The number of para-hydroxylation sites is 4. The molecular formula is C70H57N4OPt-3. The zero-order valence-electron chi connectivity index (χ0n) is 43.2. The number of benzene rings is 9. The van der Waals surface area contributed by atoms with Crippen molar-refractivity contribution in [3.05, 3.63) is 261 Å². The average molecular weight is 1170 g/mol. The molecule has 1 saturated carbocycles. The summed E-state index contributed by atoms with van der Waals surface area (Å²) in [5.41, 5.74) is 15.0. The van der Waals surface area contributed by atoms with Crippen molar-refractivity contribution in [1.82, 2.24) is 9.55 Å². The zero-order chi connectivity index (χ0) is 50.7. The van der Waals surface area contributed by atoms with Gasteiger partial charge in [0.25, 0.3) is 0 Å². The van der Waals surface area contributed by atoms with Crippen LogP contribution in [0.5, 0.6) is 11.5 Å². The maximum atomic E-state index is 7.04. The molecule has 3 heterocycles. The Hall–Kier alpha value is -7.98. The van der Waals surface area contributed by atoms with Crippen molar-refractivity contribution in [3.63, 3.8) is 0 Å². The summed E-state index contributed by atoms with van der Waals surface area (Å²) >= 11 is 0. The summed E-state index contributed by atoms with van der Waals surface area (Å²) in [6.45, 7) is 12.1. The molecule has 5 nitrogen and oxygen atoms in total. The van der Waals surface area contributed by atoms with Gasteiger partial charge in [-0.25, -0.2) is 4.98 Å². The largest absolute Gasteiger partial charge is 0.509 e. The molecule has 0 atom stereocenters. The molecule has 2 aromatic heterocycles. The van der Waals surface area contributed by atoms with E-state index < -0.39 is 0 Å². The van der Waals surface area contributed by atoms with E-state index in [4.69, 9.17) is 9.72 Å². The molecular weight excluding hydrogens is 1110 g/mol. The minimum Gasteiger partial charge on any atom is -0.509 e. The van der Waals surface area contributed by atoms with Gasteiger partial charge in [0, 0.05) is 77.9 Å². The number of nitrogens with zero attached hydrogens (tertiary/aromatic N) is 4. The van der Waals surface area contributed by atoms with Crippen LogP contribution in [0.3, 0.4) is 0 Å². The topological polar surface area (TPSA) is 33.5 Å². The quantitative estimate of drug-likeness (QED) is 0.128. The Kier molecular flexibility index (Phi) is 12.6. The second-order valence-corrected chi connectivity index (χ2v) is 21.4. The molecule has 0 saturated heterocycles. The number of pyridine rings is 1. The van der Waals surface area contributed by atoms with Gasteiger partial charge in [0.1, 0.15) is 5.82 Å². The van der Waals surface area contributed by atoms with Gasteiger partial charge in [-0.3, -0.25) is 0 Å². The van der Waals surface area contributed by atoms with Crippen molar-refractivity contribution >= 4 is 44.6 Å². The average Bonchev–Trinajstić information content (AvgIpc) is 4.14. The number of ether oxygens (including phenoxy) is 1. The molecule has 1 fully saturated rings.